The summed E-state index contributed by atoms with van der Waals surface area (Å²) in [5, 5.41) is 7.07. The van der Waals surface area contributed by atoms with Crippen molar-refractivity contribution in [2.45, 2.75) is 28.3 Å². The normalized spacial score (nSPS) is 15.6. The van der Waals surface area contributed by atoms with Crippen molar-refractivity contribution >= 4 is 64.1 Å². The number of rotatable bonds is 5. The number of morpholine rings is 1. The van der Waals surface area contributed by atoms with Gasteiger partial charge < -0.3 is 24.6 Å². The number of hydrogen-bond acceptors (Lipinski definition) is 6. The summed E-state index contributed by atoms with van der Waals surface area (Å²) in [7, 11) is 0. The molecule has 2 aliphatic rings. The van der Waals surface area contributed by atoms with E-state index in [0.717, 1.165) is 17.8 Å². The van der Waals surface area contributed by atoms with Crippen LogP contribution in [0.15, 0.2) is 51.0 Å². The third-order valence-electron chi connectivity index (χ3n) is 6.23. The number of anilines is 1. The Balaban J connectivity index is 1.51. The van der Waals surface area contributed by atoms with Gasteiger partial charge in [0.25, 0.3) is 17.4 Å². The van der Waals surface area contributed by atoms with Crippen LogP contribution < -0.4 is 10.5 Å². The van der Waals surface area contributed by atoms with E-state index in [-0.39, 0.29) is 63.4 Å². The summed E-state index contributed by atoms with van der Waals surface area (Å²) in [6.07, 6.45) is 0. The number of halogens is 5. The van der Waals surface area contributed by atoms with Gasteiger partial charge in [0.1, 0.15) is 23.6 Å². The van der Waals surface area contributed by atoms with E-state index in [0.29, 0.717) is 17.7 Å². The highest BCUT2D eigenvalue weighted by Crippen LogP contribution is 2.42. The standard InChI is InChI=1S/C25H18Cl3F2N3O5S/c26-14-2-1-3-15(27)22(14)39-18-8-19(25(28,29)30)31-23(36)21(18)24(37)32-9-12-6-16(17(34)7-13(12)10-32)33-4-5-38-11-20(33)35/h1-3,6-8,34H,4-5,9-11H2,(H,31,36). The molecule has 1 fully saturated rings. The number of aromatic amines is 1. The van der Waals surface area contributed by atoms with Crippen molar-refractivity contribution in [2.24, 2.45) is 0 Å². The third kappa shape index (κ3) is 5.46. The van der Waals surface area contributed by atoms with Gasteiger partial charge in [-0.25, -0.2) is 0 Å². The van der Waals surface area contributed by atoms with E-state index >= 15 is 0 Å². The van der Waals surface area contributed by atoms with E-state index in [1.54, 1.807) is 12.1 Å². The fraction of sp³-hybridized carbons (Fsp3) is 0.240. The van der Waals surface area contributed by atoms with Gasteiger partial charge in [-0.3, -0.25) is 14.4 Å². The molecule has 0 radical (unpaired) electrons. The average Bonchev–Trinajstić information content (AvgIpc) is 3.28. The topological polar surface area (TPSA) is 103 Å². The maximum absolute atomic E-state index is 14.0. The number of aromatic hydroxyl groups is 1. The summed E-state index contributed by atoms with van der Waals surface area (Å²) in [6, 6.07) is 8.64. The first kappa shape index (κ1) is 27.7. The number of phenolic OH excluding ortho intramolecular Hbond substituents is 1. The highest BCUT2D eigenvalue weighted by Gasteiger charge is 2.35. The Morgan fingerprint density at radius 3 is 2.41 bits per heavy atom. The molecule has 3 aromatic rings. The van der Waals surface area contributed by atoms with Crippen LogP contribution in [0.25, 0.3) is 0 Å². The van der Waals surface area contributed by atoms with Crippen LogP contribution in [0.1, 0.15) is 27.2 Å². The second-order valence-electron chi connectivity index (χ2n) is 8.77. The minimum Gasteiger partial charge on any atom is -0.506 e. The molecule has 2 aliphatic heterocycles. The van der Waals surface area contributed by atoms with Crippen molar-refractivity contribution in [1.29, 1.82) is 0 Å². The highest BCUT2D eigenvalue weighted by atomic mass is 35.5. The molecule has 0 aliphatic carbocycles. The van der Waals surface area contributed by atoms with Crippen LogP contribution in [-0.2, 0) is 28.0 Å². The molecule has 204 valence electrons. The molecular weight excluding hydrogens is 599 g/mol. The average molecular weight is 617 g/mol. The zero-order valence-corrected chi connectivity index (χ0v) is 22.9. The van der Waals surface area contributed by atoms with Crippen molar-refractivity contribution < 1.29 is 28.2 Å². The molecular formula is C25H18Cl3F2N3O5S. The minimum atomic E-state index is -3.91. The lowest BCUT2D eigenvalue weighted by Gasteiger charge is -2.27. The van der Waals surface area contributed by atoms with Crippen LogP contribution in [0.2, 0.25) is 10.0 Å². The zero-order chi connectivity index (χ0) is 28.1. The molecule has 0 saturated carbocycles. The molecule has 5 rings (SSSR count). The maximum Gasteiger partial charge on any atom is 0.362 e. The highest BCUT2D eigenvalue weighted by molar-refractivity contribution is 7.99. The summed E-state index contributed by atoms with van der Waals surface area (Å²) in [4.78, 5) is 43.8. The van der Waals surface area contributed by atoms with Gasteiger partial charge in [-0.1, -0.05) is 41.0 Å². The predicted octanol–water partition coefficient (Wildman–Crippen LogP) is 5.35. The Morgan fingerprint density at radius 1 is 1.10 bits per heavy atom. The zero-order valence-electron chi connectivity index (χ0n) is 19.8. The number of hydrogen-bond donors (Lipinski definition) is 2. The monoisotopic (exact) mass is 615 g/mol. The van der Waals surface area contributed by atoms with E-state index in [4.69, 9.17) is 39.5 Å². The lowest BCUT2D eigenvalue weighted by Crippen LogP contribution is -2.41. The lowest BCUT2D eigenvalue weighted by atomic mass is 10.1. The second-order valence-corrected chi connectivity index (χ2v) is 11.1. The number of alkyl halides is 3. The quantitative estimate of drug-likeness (QED) is 0.375. The van der Waals surface area contributed by atoms with Crippen LogP contribution >= 0.6 is 46.6 Å². The van der Waals surface area contributed by atoms with E-state index in [2.05, 4.69) is 0 Å². The van der Waals surface area contributed by atoms with Crippen LogP contribution in [-0.4, -0.2) is 46.6 Å². The van der Waals surface area contributed by atoms with Gasteiger partial charge in [0.15, 0.2) is 0 Å². The number of benzene rings is 2. The number of pyridine rings is 1. The second kappa shape index (κ2) is 10.6. The van der Waals surface area contributed by atoms with Gasteiger partial charge in [-0.05, 0) is 53.1 Å². The Labute approximate surface area is 239 Å². The van der Waals surface area contributed by atoms with E-state index < -0.39 is 28.1 Å². The molecule has 1 saturated heterocycles. The number of phenols is 1. The Bertz CT molecular complexity index is 1540. The first-order valence-electron chi connectivity index (χ1n) is 11.4. The molecule has 2 aromatic carbocycles. The first-order chi connectivity index (χ1) is 18.4. The van der Waals surface area contributed by atoms with Crippen LogP contribution in [0.5, 0.6) is 5.75 Å². The number of amides is 2. The molecule has 39 heavy (non-hydrogen) atoms. The number of nitrogens with zero attached hydrogens (tertiary/aromatic N) is 2. The van der Waals surface area contributed by atoms with E-state index in [1.807, 2.05) is 4.98 Å². The molecule has 0 atom stereocenters. The number of fused-ring (bicyclic) bond motifs is 1. The number of nitrogens with one attached hydrogen (secondary N) is 1. The number of carbonyl (C=O) groups excluding carboxylic acids is 2. The molecule has 2 N–H and O–H groups in total. The van der Waals surface area contributed by atoms with Gasteiger partial charge in [0.05, 0.1) is 22.3 Å². The Hall–Kier alpha value is -2.83. The van der Waals surface area contributed by atoms with Crippen molar-refractivity contribution in [3.63, 3.8) is 0 Å². The smallest absolute Gasteiger partial charge is 0.362 e. The number of ether oxygens (including phenoxy) is 1. The lowest BCUT2D eigenvalue weighted by molar-refractivity contribution is -0.125. The largest absolute Gasteiger partial charge is 0.506 e. The molecule has 14 heteroatoms. The first-order valence-corrected chi connectivity index (χ1v) is 13.4. The third-order valence-corrected chi connectivity index (χ3v) is 8.47. The van der Waals surface area contributed by atoms with Crippen molar-refractivity contribution in [1.82, 2.24) is 9.88 Å². The van der Waals surface area contributed by atoms with E-state index in [1.165, 1.54) is 28.0 Å². The van der Waals surface area contributed by atoms with Crippen molar-refractivity contribution in [3.05, 3.63) is 79.2 Å². The molecule has 3 heterocycles. The van der Waals surface area contributed by atoms with Crippen molar-refractivity contribution in [2.75, 3.05) is 24.7 Å². The molecule has 0 spiro atoms. The number of H-pyrrole nitrogens is 1. The molecule has 0 bridgehead atoms. The summed E-state index contributed by atoms with van der Waals surface area (Å²) < 4.78 is 33.1. The Morgan fingerprint density at radius 2 is 1.77 bits per heavy atom. The molecule has 8 nitrogen and oxygen atoms in total. The van der Waals surface area contributed by atoms with Gasteiger partial charge >= 0.3 is 5.38 Å². The molecule has 1 aromatic heterocycles. The fourth-order valence-electron chi connectivity index (χ4n) is 4.38. The summed E-state index contributed by atoms with van der Waals surface area (Å²) in [5.41, 5.74) is -0.824. The van der Waals surface area contributed by atoms with Gasteiger partial charge in [0.2, 0.25) is 0 Å². The minimum absolute atomic E-state index is 0.0306. The van der Waals surface area contributed by atoms with Gasteiger partial charge in [-0.15, -0.1) is 0 Å². The predicted molar refractivity (Wildman–Crippen MR) is 142 cm³/mol. The van der Waals surface area contributed by atoms with Crippen molar-refractivity contribution in [3.8, 4) is 5.75 Å². The maximum atomic E-state index is 14.0. The number of aromatic nitrogens is 1. The summed E-state index contributed by atoms with van der Waals surface area (Å²) in [5.74, 6) is -1.20. The Kier molecular flexibility index (Phi) is 7.55. The van der Waals surface area contributed by atoms with E-state index in [9.17, 15) is 28.3 Å². The van der Waals surface area contributed by atoms with Crippen LogP contribution in [0, 0.1) is 0 Å². The van der Waals surface area contributed by atoms with Gasteiger partial charge in [-0.2, -0.15) is 8.78 Å². The fourth-order valence-corrected chi connectivity index (χ4v) is 6.12. The molecule has 0 unspecified atom stereocenters. The van der Waals surface area contributed by atoms with Crippen LogP contribution in [0.3, 0.4) is 0 Å². The SMILES string of the molecule is O=C(c1c(Sc2c(Cl)cccc2Cl)cc(C(F)(F)Cl)[nH]c1=O)N1Cc2cc(O)c(N3CCOCC3=O)cc2C1. The number of carbonyl (C=O) groups is 2. The van der Waals surface area contributed by atoms with Crippen LogP contribution in [0.4, 0.5) is 14.5 Å². The van der Waals surface area contributed by atoms with Gasteiger partial charge in [0, 0.05) is 29.4 Å². The summed E-state index contributed by atoms with van der Waals surface area (Å²) in [6.45, 7) is 0.526. The molecule has 2 amide bonds. The summed E-state index contributed by atoms with van der Waals surface area (Å²) >= 11 is 18.5.